The highest BCUT2D eigenvalue weighted by molar-refractivity contribution is 5.94. The first-order valence-corrected chi connectivity index (χ1v) is 6.03. The van der Waals surface area contributed by atoms with Crippen LogP contribution in [0.1, 0.15) is 55.5 Å². The highest BCUT2D eigenvalue weighted by atomic mass is 16.1. The van der Waals surface area contributed by atoms with Crippen LogP contribution < -0.4 is 5.32 Å². The molecule has 0 bridgehead atoms. The normalized spacial score (nSPS) is 10.5. The Labute approximate surface area is 98.1 Å². The van der Waals surface area contributed by atoms with E-state index in [1.807, 2.05) is 18.2 Å². The molecule has 88 valence electrons. The molecule has 0 aliphatic carbocycles. The fourth-order valence-corrected chi connectivity index (χ4v) is 1.52. The molecule has 0 spiro atoms. The summed E-state index contributed by atoms with van der Waals surface area (Å²) in [4.78, 5) is 11.8. The average molecular weight is 219 g/mol. The third-order valence-electron chi connectivity index (χ3n) is 2.63. The van der Waals surface area contributed by atoms with Crippen LogP contribution in [0.2, 0.25) is 0 Å². The maximum atomic E-state index is 11.8. The fraction of sp³-hybridized carbons (Fsp3) is 0.500. The van der Waals surface area contributed by atoms with E-state index in [1.165, 1.54) is 5.56 Å². The maximum Gasteiger partial charge on any atom is 0.251 e. The Morgan fingerprint density at radius 3 is 2.75 bits per heavy atom. The van der Waals surface area contributed by atoms with Crippen molar-refractivity contribution in [2.75, 3.05) is 6.54 Å². The molecule has 1 N–H and O–H groups in total. The molecular formula is C14H21NO. The first kappa shape index (κ1) is 12.8. The van der Waals surface area contributed by atoms with Gasteiger partial charge in [0, 0.05) is 12.1 Å². The van der Waals surface area contributed by atoms with Crippen LogP contribution in [0, 0.1) is 0 Å². The van der Waals surface area contributed by atoms with Crippen molar-refractivity contribution < 1.29 is 4.79 Å². The number of hydrogen-bond acceptors (Lipinski definition) is 1. The Morgan fingerprint density at radius 2 is 2.12 bits per heavy atom. The second kappa shape index (κ2) is 6.31. The van der Waals surface area contributed by atoms with Crippen LogP contribution in [0.15, 0.2) is 24.3 Å². The molecule has 1 aromatic carbocycles. The molecule has 0 heterocycles. The van der Waals surface area contributed by atoms with E-state index >= 15 is 0 Å². The van der Waals surface area contributed by atoms with Crippen molar-refractivity contribution in [1.29, 1.82) is 0 Å². The summed E-state index contributed by atoms with van der Waals surface area (Å²) in [5.74, 6) is 0.499. The lowest BCUT2D eigenvalue weighted by atomic mass is 10.0. The molecule has 0 atom stereocenters. The Kier molecular flexibility index (Phi) is 5.03. The average Bonchev–Trinajstić information content (AvgIpc) is 2.29. The minimum Gasteiger partial charge on any atom is -0.352 e. The lowest BCUT2D eigenvalue weighted by Crippen LogP contribution is -2.24. The lowest BCUT2D eigenvalue weighted by Gasteiger charge is -2.08. The number of carbonyl (C=O) groups excluding carboxylic acids is 1. The summed E-state index contributed by atoms with van der Waals surface area (Å²) in [6.07, 6.45) is 2.14. The van der Waals surface area contributed by atoms with Gasteiger partial charge in [-0.3, -0.25) is 4.79 Å². The van der Waals surface area contributed by atoms with Gasteiger partial charge in [-0.15, -0.1) is 0 Å². The zero-order chi connectivity index (χ0) is 12.0. The molecule has 0 unspecified atom stereocenters. The minimum atomic E-state index is 0.0379. The second-order valence-corrected chi connectivity index (χ2v) is 4.39. The molecule has 0 saturated heterocycles. The molecule has 1 amide bonds. The van der Waals surface area contributed by atoms with Crippen molar-refractivity contribution in [1.82, 2.24) is 5.32 Å². The Bertz CT molecular complexity index is 344. The number of amides is 1. The van der Waals surface area contributed by atoms with Crippen molar-refractivity contribution in [3.8, 4) is 0 Å². The second-order valence-electron chi connectivity index (χ2n) is 4.39. The van der Waals surface area contributed by atoms with E-state index in [0.29, 0.717) is 5.92 Å². The summed E-state index contributed by atoms with van der Waals surface area (Å²) in [7, 11) is 0. The largest absolute Gasteiger partial charge is 0.352 e. The SMILES string of the molecule is CCCCNC(=O)c1cccc(C(C)C)c1. The van der Waals surface area contributed by atoms with Gasteiger partial charge in [-0.05, 0) is 30.0 Å². The highest BCUT2D eigenvalue weighted by Crippen LogP contribution is 2.15. The molecule has 16 heavy (non-hydrogen) atoms. The van der Waals surface area contributed by atoms with Gasteiger partial charge in [0.15, 0.2) is 0 Å². The van der Waals surface area contributed by atoms with Gasteiger partial charge in [0.25, 0.3) is 5.91 Å². The van der Waals surface area contributed by atoms with Gasteiger partial charge >= 0.3 is 0 Å². The van der Waals surface area contributed by atoms with Crippen molar-refractivity contribution in [3.63, 3.8) is 0 Å². The van der Waals surface area contributed by atoms with Crippen LogP contribution >= 0.6 is 0 Å². The van der Waals surface area contributed by atoms with Crippen LogP contribution in [0.25, 0.3) is 0 Å². The predicted molar refractivity (Wildman–Crippen MR) is 67.8 cm³/mol. The predicted octanol–water partition coefficient (Wildman–Crippen LogP) is 3.34. The van der Waals surface area contributed by atoms with Gasteiger partial charge in [-0.1, -0.05) is 39.3 Å². The Morgan fingerprint density at radius 1 is 1.38 bits per heavy atom. The molecule has 0 aliphatic heterocycles. The van der Waals surface area contributed by atoms with Gasteiger partial charge in [0.1, 0.15) is 0 Å². The molecule has 0 saturated carbocycles. The Hall–Kier alpha value is -1.31. The highest BCUT2D eigenvalue weighted by Gasteiger charge is 2.06. The molecule has 0 aromatic heterocycles. The fourth-order valence-electron chi connectivity index (χ4n) is 1.52. The van der Waals surface area contributed by atoms with Crippen molar-refractivity contribution >= 4 is 5.91 Å². The quantitative estimate of drug-likeness (QED) is 0.756. The molecular weight excluding hydrogens is 198 g/mol. The van der Waals surface area contributed by atoms with Gasteiger partial charge in [-0.2, -0.15) is 0 Å². The zero-order valence-corrected chi connectivity index (χ0v) is 10.4. The zero-order valence-electron chi connectivity index (χ0n) is 10.4. The Balaban J connectivity index is 2.64. The van der Waals surface area contributed by atoms with E-state index in [1.54, 1.807) is 0 Å². The maximum absolute atomic E-state index is 11.8. The van der Waals surface area contributed by atoms with E-state index in [-0.39, 0.29) is 5.91 Å². The minimum absolute atomic E-state index is 0.0379. The summed E-state index contributed by atoms with van der Waals surface area (Å²) in [6, 6.07) is 7.86. The van der Waals surface area contributed by atoms with Crippen LogP contribution in [-0.4, -0.2) is 12.5 Å². The standard InChI is InChI=1S/C14H21NO/c1-4-5-9-15-14(16)13-8-6-7-12(10-13)11(2)3/h6-8,10-11H,4-5,9H2,1-3H3,(H,15,16). The molecule has 1 aromatic rings. The number of carbonyl (C=O) groups is 1. The van der Waals surface area contributed by atoms with Gasteiger partial charge in [0.05, 0.1) is 0 Å². The lowest BCUT2D eigenvalue weighted by molar-refractivity contribution is 0.0953. The summed E-state index contributed by atoms with van der Waals surface area (Å²) in [5.41, 5.74) is 1.98. The van der Waals surface area contributed by atoms with E-state index < -0.39 is 0 Å². The van der Waals surface area contributed by atoms with Crippen LogP contribution in [-0.2, 0) is 0 Å². The summed E-state index contributed by atoms with van der Waals surface area (Å²) >= 11 is 0. The first-order valence-electron chi connectivity index (χ1n) is 6.03. The number of rotatable bonds is 5. The van der Waals surface area contributed by atoms with Gasteiger partial charge in [-0.25, -0.2) is 0 Å². The summed E-state index contributed by atoms with van der Waals surface area (Å²) in [6.45, 7) is 7.15. The van der Waals surface area contributed by atoms with Crippen LogP contribution in [0.3, 0.4) is 0 Å². The molecule has 2 heteroatoms. The topological polar surface area (TPSA) is 29.1 Å². The molecule has 0 fully saturated rings. The number of nitrogens with one attached hydrogen (secondary N) is 1. The monoisotopic (exact) mass is 219 g/mol. The van der Waals surface area contributed by atoms with Gasteiger partial charge in [0.2, 0.25) is 0 Å². The van der Waals surface area contributed by atoms with Gasteiger partial charge < -0.3 is 5.32 Å². The number of benzene rings is 1. The van der Waals surface area contributed by atoms with E-state index in [9.17, 15) is 4.79 Å². The summed E-state index contributed by atoms with van der Waals surface area (Å²) in [5, 5.41) is 2.93. The first-order chi connectivity index (χ1) is 7.65. The van der Waals surface area contributed by atoms with Crippen molar-refractivity contribution in [2.24, 2.45) is 0 Å². The van der Waals surface area contributed by atoms with E-state index in [4.69, 9.17) is 0 Å². The van der Waals surface area contributed by atoms with E-state index in [2.05, 4.69) is 32.2 Å². The number of hydrogen-bond donors (Lipinski definition) is 1. The third kappa shape index (κ3) is 3.69. The van der Waals surface area contributed by atoms with E-state index in [0.717, 1.165) is 24.9 Å². The van der Waals surface area contributed by atoms with Crippen molar-refractivity contribution in [3.05, 3.63) is 35.4 Å². The molecule has 2 nitrogen and oxygen atoms in total. The molecule has 0 aliphatic rings. The smallest absolute Gasteiger partial charge is 0.251 e. The van der Waals surface area contributed by atoms with Crippen LogP contribution in [0.4, 0.5) is 0 Å². The third-order valence-corrected chi connectivity index (χ3v) is 2.63. The molecule has 0 radical (unpaired) electrons. The van der Waals surface area contributed by atoms with Crippen molar-refractivity contribution in [2.45, 2.75) is 39.5 Å². The summed E-state index contributed by atoms with van der Waals surface area (Å²) < 4.78 is 0. The number of unbranched alkanes of at least 4 members (excludes halogenated alkanes) is 1. The molecule has 1 rings (SSSR count). The van der Waals surface area contributed by atoms with Crippen LogP contribution in [0.5, 0.6) is 0 Å².